The van der Waals surface area contributed by atoms with Crippen LogP contribution in [0.1, 0.15) is 22.8 Å². The largest absolute Gasteiger partial charge is 0.366 e. The van der Waals surface area contributed by atoms with E-state index in [4.69, 9.17) is 5.73 Å². The van der Waals surface area contributed by atoms with E-state index in [1.54, 1.807) is 31.2 Å². The Hall–Kier alpha value is -1.40. The third-order valence-electron chi connectivity index (χ3n) is 2.09. The highest BCUT2D eigenvalue weighted by atomic mass is 32.2. The molecule has 3 N–H and O–H groups in total. The maximum absolute atomic E-state index is 11.2. The molecular weight excluding hydrogens is 228 g/mol. The van der Waals surface area contributed by atoms with Crippen LogP contribution in [0.4, 0.5) is 0 Å². The molecule has 1 rings (SSSR count). The molecule has 0 spiro atoms. The van der Waals surface area contributed by atoms with Gasteiger partial charge in [0.25, 0.3) is 0 Å². The summed E-state index contributed by atoms with van der Waals surface area (Å²) in [5, 5.41) is 0. The van der Waals surface area contributed by atoms with Crippen LogP contribution in [-0.4, -0.2) is 20.1 Å². The van der Waals surface area contributed by atoms with Crippen molar-refractivity contribution < 1.29 is 13.2 Å². The molecule has 0 aliphatic rings. The lowest BCUT2D eigenvalue weighted by Crippen LogP contribution is -2.24. The SMILES string of the molecule is CCS(=O)(=O)NCc1cccc(C(N)=O)c1. The van der Waals surface area contributed by atoms with Gasteiger partial charge in [0.15, 0.2) is 0 Å². The highest BCUT2D eigenvalue weighted by Crippen LogP contribution is 2.04. The summed E-state index contributed by atoms with van der Waals surface area (Å²) in [6, 6.07) is 6.54. The first-order chi connectivity index (χ1) is 7.44. The number of nitrogens with one attached hydrogen (secondary N) is 1. The van der Waals surface area contributed by atoms with Crippen LogP contribution in [-0.2, 0) is 16.6 Å². The van der Waals surface area contributed by atoms with Gasteiger partial charge in [-0.2, -0.15) is 0 Å². The first-order valence-electron chi connectivity index (χ1n) is 4.80. The van der Waals surface area contributed by atoms with Crippen LogP contribution in [0.2, 0.25) is 0 Å². The number of amides is 1. The van der Waals surface area contributed by atoms with E-state index in [1.807, 2.05) is 0 Å². The molecule has 1 aromatic carbocycles. The topological polar surface area (TPSA) is 89.3 Å². The van der Waals surface area contributed by atoms with E-state index in [0.29, 0.717) is 11.1 Å². The Labute approximate surface area is 94.7 Å². The highest BCUT2D eigenvalue weighted by Gasteiger charge is 2.06. The molecule has 0 saturated heterocycles. The number of benzene rings is 1. The van der Waals surface area contributed by atoms with Crippen molar-refractivity contribution in [3.05, 3.63) is 35.4 Å². The van der Waals surface area contributed by atoms with Crippen LogP contribution < -0.4 is 10.5 Å². The van der Waals surface area contributed by atoms with Crippen molar-refractivity contribution in [1.29, 1.82) is 0 Å². The molecule has 0 unspecified atom stereocenters. The van der Waals surface area contributed by atoms with Crippen LogP contribution in [0.25, 0.3) is 0 Å². The van der Waals surface area contributed by atoms with Crippen molar-refractivity contribution in [3.63, 3.8) is 0 Å². The summed E-state index contributed by atoms with van der Waals surface area (Å²) in [5.41, 5.74) is 6.18. The van der Waals surface area contributed by atoms with Gasteiger partial charge >= 0.3 is 0 Å². The Balaban J connectivity index is 2.75. The molecule has 5 nitrogen and oxygen atoms in total. The van der Waals surface area contributed by atoms with Gasteiger partial charge in [-0.25, -0.2) is 13.1 Å². The summed E-state index contributed by atoms with van der Waals surface area (Å²) >= 11 is 0. The van der Waals surface area contributed by atoms with Gasteiger partial charge in [0.05, 0.1) is 5.75 Å². The zero-order valence-electron chi connectivity index (χ0n) is 8.93. The summed E-state index contributed by atoms with van der Waals surface area (Å²) < 4.78 is 24.8. The van der Waals surface area contributed by atoms with Gasteiger partial charge in [-0.3, -0.25) is 4.79 Å². The van der Waals surface area contributed by atoms with Crippen LogP contribution >= 0.6 is 0 Å². The van der Waals surface area contributed by atoms with Gasteiger partial charge in [-0.1, -0.05) is 12.1 Å². The first-order valence-corrected chi connectivity index (χ1v) is 6.46. The van der Waals surface area contributed by atoms with E-state index in [1.165, 1.54) is 0 Å². The Morgan fingerprint density at radius 3 is 2.69 bits per heavy atom. The number of hydrogen-bond donors (Lipinski definition) is 2. The normalized spacial score (nSPS) is 11.3. The fraction of sp³-hybridized carbons (Fsp3) is 0.300. The van der Waals surface area contributed by atoms with Gasteiger partial charge in [-0.15, -0.1) is 0 Å². The fourth-order valence-electron chi connectivity index (χ4n) is 1.13. The van der Waals surface area contributed by atoms with Crippen LogP contribution in [0.3, 0.4) is 0 Å². The summed E-state index contributed by atoms with van der Waals surface area (Å²) in [6.07, 6.45) is 0. The number of carbonyl (C=O) groups excluding carboxylic acids is 1. The number of rotatable bonds is 5. The first kappa shape index (κ1) is 12.7. The van der Waals surface area contributed by atoms with E-state index >= 15 is 0 Å². The average Bonchev–Trinajstić information content (AvgIpc) is 2.27. The third kappa shape index (κ3) is 3.63. The van der Waals surface area contributed by atoms with E-state index < -0.39 is 15.9 Å². The molecule has 0 heterocycles. The molecule has 16 heavy (non-hydrogen) atoms. The van der Waals surface area contributed by atoms with E-state index in [2.05, 4.69) is 4.72 Å². The summed E-state index contributed by atoms with van der Waals surface area (Å²) in [4.78, 5) is 10.9. The zero-order chi connectivity index (χ0) is 12.2. The monoisotopic (exact) mass is 242 g/mol. The number of primary amides is 1. The molecule has 1 aromatic rings. The minimum absolute atomic E-state index is 0.0303. The lowest BCUT2D eigenvalue weighted by molar-refractivity contribution is 0.1000. The molecule has 1 amide bonds. The molecule has 0 fully saturated rings. The van der Waals surface area contributed by atoms with E-state index in [9.17, 15) is 13.2 Å². The zero-order valence-corrected chi connectivity index (χ0v) is 9.75. The van der Waals surface area contributed by atoms with Crippen molar-refractivity contribution in [2.24, 2.45) is 5.73 Å². The minimum Gasteiger partial charge on any atom is -0.366 e. The van der Waals surface area contributed by atoms with Crippen molar-refractivity contribution in [1.82, 2.24) is 4.72 Å². The standard InChI is InChI=1S/C10H14N2O3S/c1-2-16(14,15)12-7-8-4-3-5-9(6-8)10(11)13/h3-6,12H,2,7H2,1H3,(H2,11,13). The molecule has 6 heteroatoms. The van der Waals surface area contributed by atoms with Crippen LogP contribution in [0, 0.1) is 0 Å². The van der Waals surface area contributed by atoms with Gasteiger partial charge in [0.2, 0.25) is 15.9 Å². The predicted molar refractivity (Wildman–Crippen MR) is 61.3 cm³/mol. The van der Waals surface area contributed by atoms with Gasteiger partial charge in [0, 0.05) is 12.1 Å². The van der Waals surface area contributed by atoms with Crippen molar-refractivity contribution in [2.75, 3.05) is 5.75 Å². The molecule has 0 bridgehead atoms. The fourth-order valence-corrected chi connectivity index (χ4v) is 1.72. The van der Waals surface area contributed by atoms with Gasteiger partial charge < -0.3 is 5.73 Å². The molecular formula is C10H14N2O3S. The van der Waals surface area contributed by atoms with Crippen molar-refractivity contribution >= 4 is 15.9 Å². The average molecular weight is 242 g/mol. The molecule has 0 aliphatic heterocycles. The minimum atomic E-state index is -3.22. The van der Waals surface area contributed by atoms with Gasteiger partial charge in [-0.05, 0) is 24.6 Å². The Kier molecular flexibility index (Phi) is 4.03. The maximum Gasteiger partial charge on any atom is 0.248 e. The Bertz CT molecular complexity index is 483. The van der Waals surface area contributed by atoms with Crippen molar-refractivity contribution in [3.8, 4) is 0 Å². The molecule has 0 aromatic heterocycles. The smallest absolute Gasteiger partial charge is 0.248 e. The second kappa shape index (κ2) is 5.09. The van der Waals surface area contributed by atoms with Crippen LogP contribution in [0.15, 0.2) is 24.3 Å². The second-order valence-electron chi connectivity index (χ2n) is 3.29. The van der Waals surface area contributed by atoms with Gasteiger partial charge in [0.1, 0.15) is 0 Å². The number of hydrogen-bond acceptors (Lipinski definition) is 3. The highest BCUT2D eigenvalue weighted by molar-refractivity contribution is 7.89. The van der Waals surface area contributed by atoms with E-state index in [-0.39, 0.29) is 12.3 Å². The van der Waals surface area contributed by atoms with Crippen molar-refractivity contribution in [2.45, 2.75) is 13.5 Å². The Morgan fingerprint density at radius 1 is 1.44 bits per heavy atom. The maximum atomic E-state index is 11.2. The number of carbonyl (C=O) groups is 1. The number of nitrogens with two attached hydrogens (primary N) is 1. The lowest BCUT2D eigenvalue weighted by Gasteiger charge is -2.05. The van der Waals surface area contributed by atoms with E-state index in [0.717, 1.165) is 0 Å². The quantitative estimate of drug-likeness (QED) is 0.774. The molecule has 88 valence electrons. The third-order valence-corrected chi connectivity index (χ3v) is 3.43. The molecule has 0 saturated carbocycles. The summed E-state index contributed by atoms with van der Waals surface area (Å²) in [6.45, 7) is 1.72. The predicted octanol–water partition coefficient (Wildman–Crippen LogP) is 0.225. The number of sulfonamides is 1. The van der Waals surface area contributed by atoms with Crippen LogP contribution in [0.5, 0.6) is 0 Å². The summed E-state index contributed by atoms with van der Waals surface area (Å²) in [5.74, 6) is -0.497. The Morgan fingerprint density at radius 2 is 2.12 bits per heavy atom. The second-order valence-corrected chi connectivity index (χ2v) is 5.38. The molecule has 0 atom stereocenters. The molecule has 0 radical (unpaired) electrons. The lowest BCUT2D eigenvalue weighted by atomic mass is 10.1. The molecule has 0 aliphatic carbocycles. The summed E-state index contributed by atoms with van der Waals surface area (Å²) in [7, 11) is -3.22.